The molecule has 3 N–H and O–H groups in total. The van der Waals surface area contributed by atoms with Crippen molar-refractivity contribution >= 4 is 17.6 Å². The minimum atomic E-state index is 0.127. The normalized spacial score (nSPS) is 18.9. The van der Waals surface area contributed by atoms with Gasteiger partial charge in [-0.15, -0.1) is 0 Å². The van der Waals surface area contributed by atoms with Crippen LogP contribution in [-0.4, -0.2) is 36.7 Å². The minimum absolute atomic E-state index is 0.127. The van der Waals surface area contributed by atoms with Gasteiger partial charge in [-0.1, -0.05) is 17.7 Å². The maximum atomic E-state index is 5.80. The number of aromatic nitrogens is 1. The highest BCUT2D eigenvalue weighted by molar-refractivity contribution is 6.29. The molecule has 0 radical (unpaired) electrons. The molecule has 0 aromatic carbocycles. The Hall–Kier alpha value is -1.33. The van der Waals surface area contributed by atoms with Crippen LogP contribution in [0.2, 0.25) is 5.15 Å². The lowest BCUT2D eigenvalue weighted by atomic mass is 10.2. The molecule has 0 fully saturated rings. The van der Waals surface area contributed by atoms with Crippen LogP contribution in [0.3, 0.4) is 0 Å². The van der Waals surface area contributed by atoms with Crippen LogP contribution in [0.25, 0.3) is 0 Å². The number of nitrogens with zero attached hydrogens (tertiary/aromatic N) is 2. The first kappa shape index (κ1) is 12.1. The monoisotopic (exact) mass is 254 g/mol. The van der Waals surface area contributed by atoms with Gasteiger partial charge in [0.05, 0.1) is 0 Å². The lowest BCUT2D eigenvalue weighted by Gasteiger charge is -2.07. The van der Waals surface area contributed by atoms with E-state index < -0.39 is 0 Å². The number of amidine groups is 1. The van der Waals surface area contributed by atoms with E-state index in [4.69, 9.17) is 22.1 Å². The molecule has 5 nitrogen and oxygen atoms in total. The number of hydrogen-bond donors (Lipinski definition) is 2. The lowest BCUT2D eigenvalue weighted by molar-refractivity contribution is 0.309. The number of rotatable bonds is 5. The van der Waals surface area contributed by atoms with Gasteiger partial charge in [0.15, 0.2) is 0 Å². The van der Waals surface area contributed by atoms with Crippen LogP contribution >= 0.6 is 11.6 Å². The van der Waals surface area contributed by atoms with Crippen molar-refractivity contribution in [3.05, 3.63) is 29.0 Å². The minimum Gasteiger partial charge on any atom is -0.463 e. The lowest BCUT2D eigenvalue weighted by Crippen LogP contribution is -2.28. The zero-order valence-electron chi connectivity index (χ0n) is 9.40. The van der Waals surface area contributed by atoms with E-state index in [0.717, 1.165) is 25.2 Å². The first-order valence-electron chi connectivity index (χ1n) is 5.52. The largest absolute Gasteiger partial charge is 0.463 e. The van der Waals surface area contributed by atoms with Gasteiger partial charge in [-0.05, 0) is 12.1 Å². The molecule has 0 amide bonds. The molecule has 0 saturated carbocycles. The molecule has 2 rings (SSSR count). The summed E-state index contributed by atoms with van der Waals surface area (Å²) in [6.07, 6.45) is 0.841. The van der Waals surface area contributed by atoms with Crippen LogP contribution in [0, 0.1) is 0 Å². The summed E-state index contributed by atoms with van der Waals surface area (Å²) < 4.78 is 5.05. The summed E-state index contributed by atoms with van der Waals surface area (Å²) in [5.74, 6) is 0. The van der Waals surface area contributed by atoms with Crippen LogP contribution < -0.4 is 11.1 Å². The van der Waals surface area contributed by atoms with Crippen LogP contribution in [0.1, 0.15) is 5.69 Å². The van der Waals surface area contributed by atoms with Gasteiger partial charge in [-0.3, -0.25) is 0 Å². The quantitative estimate of drug-likeness (QED) is 0.596. The van der Waals surface area contributed by atoms with Gasteiger partial charge in [-0.25, -0.2) is 9.98 Å². The van der Waals surface area contributed by atoms with Crippen LogP contribution in [0.4, 0.5) is 0 Å². The Morgan fingerprint density at radius 1 is 1.53 bits per heavy atom. The Bertz CT molecular complexity index is 410. The molecule has 1 aromatic rings. The standard InChI is InChI=1S/C11H15ClN4O/c12-10-3-1-2-8(15-10)4-5-14-6-9-7-17-11(13)16-9/h1-3,9,14H,4-7H2,(H2,13,16)/t9-/m0/s1. The second-order valence-electron chi connectivity index (χ2n) is 3.84. The smallest absolute Gasteiger partial charge is 0.282 e. The Morgan fingerprint density at radius 3 is 3.12 bits per heavy atom. The highest BCUT2D eigenvalue weighted by atomic mass is 35.5. The maximum absolute atomic E-state index is 5.80. The van der Waals surface area contributed by atoms with Crippen molar-refractivity contribution in [2.75, 3.05) is 19.7 Å². The Balaban J connectivity index is 1.66. The number of halogens is 1. The summed E-state index contributed by atoms with van der Waals surface area (Å²) >= 11 is 5.80. The Morgan fingerprint density at radius 2 is 2.41 bits per heavy atom. The van der Waals surface area contributed by atoms with Gasteiger partial charge < -0.3 is 15.8 Å². The molecule has 0 aliphatic carbocycles. The van der Waals surface area contributed by atoms with Crippen molar-refractivity contribution in [1.82, 2.24) is 10.3 Å². The molecule has 2 heterocycles. The van der Waals surface area contributed by atoms with E-state index in [1.54, 1.807) is 6.07 Å². The second-order valence-corrected chi connectivity index (χ2v) is 4.23. The van der Waals surface area contributed by atoms with Crippen molar-refractivity contribution in [2.24, 2.45) is 10.7 Å². The fourth-order valence-corrected chi connectivity index (χ4v) is 1.80. The first-order valence-corrected chi connectivity index (χ1v) is 5.90. The molecule has 0 spiro atoms. The topological polar surface area (TPSA) is 72.5 Å². The SMILES string of the molecule is NC1=N[C@@H](CNCCc2cccc(Cl)n2)CO1. The van der Waals surface area contributed by atoms with Crippen molar-refractivity contribution in [3.63, 3.8) is 0 Å². The maximum Gasteiger partial charge on any atom is 0.282 e. The summed E-state index contributed by atoms with van der Waals surface area (Å²) in [5, 5.41) is 3.82. The third-order valence-electron chi connectivity index (χ3n) is 2.44. The zero-order chi connectivity index (χ0) is 12.1. The van der Waals surface area contributed by atoms with E-state index in [-0.39, 0.29) is 12.1 Å². The highest BCUT2D eigenvalue weighted by Crippen LogP contribution is 2.05. The molecule has 1 aromatic heterocycles. The van der Waals surface area contributed by atoms with E-state index in [1.807, 2.05) is 12.1 Å². The summed E-state index contributed by atoms with van der Waals surface area (Å²) in [4.78, 5) is 8.33. The van der Waals surface area contributed by atoms with Crippen molar-refractivity contribution in [2.45, 2.75) is 12.5 Å². The van der Waals surface area contributed by atoms with E-state index in [2.05, 4.69) is 15.3 Å². The number of pyridine rings is 1. The summed E-state index contributed by atoms with van der Waals surface area (Å²) in [6.45, 7) is 2.16. The van der Waals surface area contributed by atoms with E-state index in [1.165, 1.54) is 0 Å². The first-order chi connectivity index (χ1) is 8.24. The second kappa shape index (κ2) is 5.84. The van der Waals surface area contributed by atoms with Crippen LogP contribution in [0.5, 0.6) is 0 Å². The van der Waals surface area contributed by atoms with Crippen LogP contribution in [0.15, 0.2) is 23.2 Å². The average molecular weight is 255 g/mol. The Labute approximate surface area is 105 Å². The average Bonchev–Trinajstić information content (AvgIpc) is 2.71. The van der Waals surface area contributed by atoms with Gasteiger partial charge in [-0.2, -0.15) is 0 Å². The predicted octanol–water partition coefficient (Wildman–Crippen LogP) is 0.581. The molecule has 0 unspecified atom stereocenters. The Kier molecular flexibility index (Phi) is 4.17. The van der Waals surface area contributed by atoms with E-state index in [0.29, 0.717) is 11.8 Å². The number of hydrogen-bond acceptors (Lipinski definition) is 5. The fraction of sp³-hybridized carbons (Fsp3) is 0.455. The third-order valence-corrected chi connectivity index (χ3v) is 2.65. The van der Waals surface area contributed by atoms with Gasteiger partial charge in [0.1, 0.15) is 17.8 Å². The molecule has 0 saturated heterocycles. The molecule has 1 atom stereocenters. The van der Waals surface area contributed by atoms with Crippen molar-refractivity contribution in [3.8, 4) is 0 Å². The van der Waals surface area contributed by atoms with Gasteiger partial charge in [0.2, 0.25) is 0 Å². The highest BCUT2D eigenvalue weighted by Gasteiger charge is 2.15. The summed E-state index contributed by atoms with van der Waals surface area (Å²) in [7, 11) is 0. The molecule has 0 bridgehead atoms. The van der Waals surface area contributed by atoms with Crippen LogP contribution in [-0.2, 0) is 11.2 Å². The van der Waals surface area contributed by atoms with Crippen molar-refractivity contribution in [1.29, 1.82) is 0 Å². The van der Waals surface area contributed by atoms with Gasteiger partial charge >= 0.3 is 0 Å². The molecule has 17 heavy (non-hydrogen) atoms. The number of ether oxygens (including phenoxy) is 1. The van der Waals surface area contributed by atoms with Crippen molar-refractivity contribution < 1.29 is 4.74 Å². The fourth-order valence-electron chi connectivity index (χ4n) is 1.62. The molecule has 92 valence electrons. The van der Waals surface area contributed by atoms with Gasteiger partial charge in [0, 0.05) is 25.2 Å². The van der Waals surface area contributed by atoms with Gasteiger partial charge in [0.25, 0.3) is 6.02 Å². The number of nitrogens with two attached hydrogens (primary N) is 1. The number of aliphatic imine (C=N–C) groups is 1. The zero-order valence-corrected chi connectivity index (χ0v) is 10.2. The molecular formula is C11H15ClN4O. The number of nitrogens with one attached hydrogen (secondary N) is 1. The molecule has 1 aliphatic heterocycles. The van der Waals surface area contributed by atoms with E-state index in [9.17, 15) is 0 Å². The third kappa shape index (κ3) is 3.87. The molecule has 6 heteroatoms. The summed E-state index contributed by atoms with van der Waals surface area (Å²) in [6, 6.07) is 6.05. The van der Waals surface area contributed by atoms with E-state index >= 15 is 0 Å². The predicted molar refractivity (Wildman–Crippen MR) is 67.2 cm³/mol. The summed E-state index contributed by atoms with van der Waals surface area (Å²) in [5.41, 5.74) is 6.39. The molecule has 1 aliphatic rings. The molecular weight excluding hydrogens is 240 g/mol.